The number of aryl methyl sites for hydroxylation is 1. The number of rotatable bonds is 7. The van der Waals surface area contributed by atoms with Gasteiger partial charge in [-0.15, -0.1) is 0 Å². The second-order valence-corrected chi connectivity index (χ2v) is 6.74. The topological polar surface area (TPSA) is 89.9 Å². The van der Waals surface area contributed by atoms with Gasteiger partial charge in [0.2, 0.25) is 0 Å². The van der Waals surface area contributed by atoms with Crippen LogP contribution < -0.4 is 4.74 Å². The normalized spacial score (nSPS) is 12.4. The quantitative estimate of drug-likeness (QED) is 0.659. The second kappa shape index (κ2) is 9.50. The van der Waals surface area contributed by atoms with Crippen LogP contribution in [0.3, 0.4) is 0 Å². The molecule has 1 heterocycles. The van der Waals surface area contributed by atoms with E-state index >= 15 is 0 Å². The summed E-state index contributed by atoms with van der Waals surface area (Å²) in [6, 6.07) is 20.9. The molecule has 0 spiro atoms. The number of aromatic nitrogens is 1. The summed E-state index contributed by atoms with van der Waals surface area (Å²) >= 11 is 0. The van der Waals surface area contributed by atoms with Gasteiger partial charge < -0.3 is 9.84 Å². The van der Waals surface area contributed by atoms with E-state index in [1.807, 2.05) is 48.5 Å². The summed E-state index contributed by atoms with van der Waals surface area (Å²) in [5.74, 6) is 0.325. The number of aliphatic hydroxyl groups is 1. The van der Waals surface area contributed by atoms with Crippen molar-refractivity contribution in [2.75, 3.05) is 0 Å². The van der Waals surface area contributed by atoms with Crippen LogP contribution in [0, 0.1) is 22.7 Å². The Morgan fingerprint density at radius 2 is 1.83 bits per heavy atom. The fourth-order valence-electron chi connectivity index (χ4n) is 3.11. The molecule has 5 nitrogen and oxygen atoms in total. The molecule has 0 aliphatic rings. The summed E-state index contributed by atoms with van der Waals surface area (Å²) < 4.78 is 6.08. The van der Waals surface area contributed by atoms with Crippen molar-refractivity contribution in [2.45, 2.75) is 32.0 Å². The summed E-state index contributed by atoms with van der Waals surface area (Å²) in [6.07, 6.45) is 3.34. The summed E-state index contributed by atoms with van der Waals surface area (Å²) in [4.78, 5) is 4.08. The molecule has 0 aliphatic carbocycles. The molecule has 1 aromatic heterocycles. The fraction of sp³-hybridized carbons (Fsp3) is 0.208. The molecule has 0 fully saturated rings. The average Bonchev–Trinajstić information content (AvgIpc) is 2.78. The van der Waals surface area contributed by atoms with E-state index in [1.54, 1.807) is 31.5 Å². The highest BCUT2D eigenvalue weighted by atomic mass is 16.5. The van der Waals surface area contributed by atoms with Crippen LogP contribution in [-0.4, -0.2) is 22.3 Å². The Kier molecular flexibility index (Phi) is 6.58. The van der Waals surface area contributed by atoms with E-state index in [0.29, 0.717) is 24.2 Å². The molecule has 3 aromatic rings. The van der Waals surface area contributed by atoms with Crippen LogP contribution in [0.15, 0.2) is 67.0 Å². The molecule has 144 valence electrons. The first kappa shape index (κ1) is 20.1. The summed E-state index contributed by atoms with van der Waals surface area (Å²) in [5.41, 5.74) is 3.06. The molecule has 5 heteroatoms. The predicted octanol–water partition coefficient (Wildman–Crippen LogP) is 4.25. The van der Waals surface area contributed by atoms with Crippen LogP contribution >= 0.6 is 0 Å². The van der Waals surface area contributed by atoms with Gasteiger partial charge in [-0.25, -0.2) is 0 Å². The Bertz CT molecular complexity index is 1040. The first-order chi connectivity index (χ1) is 14.1. The van der Waals surface area contributed by atoms with Crippen LogP contribution in [0.5, 0.6) is 5.75 Å². The fourth-order valence-corrected chi connectivity index (χ4v) is 3.11. The van der Waals surface area contributed by atoms with E-state index in [0.717, 1.165) is 11.1 Å². The number of nitrogens with zero attached hydrogens (tertiary/aromatic N) is 3. The molecule has 2 atom stereocenters. The van der Waals surface area contributed by atoms with E-state index in [9.17, 15) is 15.6 Å². The lowest BCUT2D eigenvalue weighted by molar-refractivity contribution is 0.0422. The molecule has 0 bridgehead atoms. The van der Waals surface area contributed by atoms with Crippen molar-refractivity contribution in [3.05, 3.63) is 83.7 Å². The van der Waals surface area contributed by atoms with Crippen LogP contribution in [0.2, 0.25) is 0 Å². The van der Waals surface area contributed by atoms with Crippen LogP contribution in [0.25, 0.3) is 11.1 Å². The van der Waals surface area contributed by atoms with Crippen molar-refractivity contribution in [1.82, 2.24) is 4.98 Å². The number of aliphatic hydroxyl groups excluding tert-OH is 1. The van der Waals surface area contributed by atoms with Crippen molar-refractivity contribution in [1.29, 1.82) is 10.5 Å². The lowest BCUT2D eigenvalue weighted by Crippen LogP contribution is -2.29. The highest BCUT2D eigenvalue weighted by molar-refractivity contribution is 5.76. The van der Waals surface area contributed by atoms with Gasteiger partial charge in [0.25, 0.3) is 0 Å². The van der Waals surface area contributed by atoms with Crippen LogP contribution in [0.1, 0.15) is 30.0 Å². The number of hydrogen-bond acceptors (Lipinski definition) is 5. The molecule has 3 rings (SSSR count). The lowest BCUT2D eigenvalue weighted by atomic mass is 9.98. The van der Waals surface area contributed by atoms with Crippen molar-refractivity contribution < 1.29 is 9.84 Å². The summed E-state index contributed by atoms with van der Waals surface area (Å²) in [5, 5.41) is 29.6. The Labute approximate surface area is 170 Å². The maximum absolute atomic E-state index is 10.6. The van der Waals surface area contributed by atoms with Gasteiger partial charge in [-0.1, -0.05) is 36.4 Å². The number of benzene rings is 2. The van der Waals surface area contributed by atoms with Crippen molar-refractivity contribution in [2.24, 2.45) is 0 Å². The largest absolute Gasteiger partial charge is 0.486 e. The van der Waals surface area contributed by atoms with Gasteiger partial charge in [0.1, 0.15) is 29.6 Å². The molecule has 0 aliphatic heterocycles. The summed E-state index contributed by atoms with van der Waals surface area (Å²) in [6.45, 7) is 1.77. The summed E-state index contributed by atoms with van der Waals surface area (Å²) in [7, 11) is 0. The molecule has 0 amide bonds. The zero-order chi connectivity index (χ0) is 20.6. The van der Waals surface area contributed by atoms with Gasteiger partial charge >= 0.3 is 0 Å². The Balaban J connectivity index is 1.86. The number of nitriles is 2. The maximum Gasteiger partial charge on any atom is 0.146 e. The third-order valence-corrected chi connectivity index (χ3v) is 4.77. The van der Waals surface area contributed by atoms with Crippen molar-refractivity contribution >= 4 is 0 Å². The van der Waals surface area contributed by atoms with Gasteiger partial charge in [-0.2, -0.15) is 10.5 Å². The van der Waals surface area contributed by atoms with Crippen molar-refractivity contribution in [3.8, 4) is 29.0 Å². The lowest BCUT2D eigenvalue weighted by Gasteiger charge is -2.23. The molecule has 1 N–H and O–H groups in total. The Morgan fingerprint density at radius 3 is 2.48 bits per heavy atom. The molecule has 0 radical (unpaired) electrons. The molecular weight excluding hydrogens is 362 g/mol. The van der Waals surface area contributed by atoms with E-state index in [1.165, 1.54) is 0 Å². The molecule has 2 aromatic carbocycles. The monoisotopic (exact) mass is 383 g/mol. The third kappa shape index (κ3) is 4.79. The third-order valence-electron chi connectivity index (χ3n) is 4.77. The predicted molar refractivity (Wildman–Crippen MR) is 110 cm³/mol. The minimum absolute atomic E-state index is 0.181. The van der Waals surface area contributed by atoms with Gasteiger partial charge in [0, 0.05) is 18.0 Å². The smallest absolute Gasteiger partial charge is 0.146 e. The Morgan fingerprint density at radius 1 is 1.03 bits per heavy atom. The second-order valence-electron chi connectivity index (χ2n) is 6.74. The maximum atomic E-state index is 10.6. The minimum Gasteiger partial charge on any atom is -0.486 e. The molecule has 0 saturated heterocycles. The highest BCUT2D eigenvalue weighted by Gasteiger charge is 2.22. The molecule has 29 heavy (non-hydrogen) atoms. The first-order valence-corrected chi connectivity index (χ1v) is 9.40. The van der Waals surface area contributed by atoms with E-state index in [2.05, 4.69) is 11.1 Å². The van der Waals surface area contributed by atoms with Gasteiger partial charge in [0.15, 0.2) is 0 Å². The Hall–Kier alpha value is -3.67. The zero-order valence-electron chi connectivity index (χ0n) is 16.1. The standard InChI is InChI=1S/C24H21N3O2/c1-17(23(28)12-9-18-6-5-13-27-16-18)29-24-21(19-7-3-2-4-8-19)11-10-20(14-25)22(24)15-26/h2-8,10-11,13,16-17,23,28H,9,12H2,1H3. The average molecular weight is 383 g/mol. The van der Waals surface area contributed by atoms with Crippen LogP contribution in [-0.2, 0) is 6.42 Å². The zero-order valence-corrected chi connectivity index (χ0v) is 16.1. The molecule has 2 unspecified atom stereocenters. The number of ether oxygens (including phenoxy) is 1. The highest BCUT2D eigenvalue weighted by Crippen LogP contribution is 2.36. The van der Waals surface area contributed by atoms with Gasteiger partial charge in [-0.3, -0.25) is 4.98 Å². The minimum atomic E-state index is -0.740. The van der Waals surface area contributed by atoms with E-state index in [-0.39, 0.29) is 11.1 Å². The van der Waals surface area contributed by atoms with E-state index in [4.69, 9.17) is 4.74 Å². The number of hydrogen-bond donors (Lipinski definition) is 1. The van der Waals surface area contributed by atoms with Gasteiger partial charge in [0.05, 0.1) is 11.7 Å². The van der Waals surface area contributed by atoms with Crippen molar-refractivity contribution in [3.63, 3.8) is 0 Å². The van der Waals surface area contributed by atoms with E-state index < -0.39 is 12.2 Å². The number of pyridine rings is 1. The van der Waals surface area contributed by atoms with Gasteiger partial charge in [-0.05, 0) is 49.1 Å². The molecular formula is C24H21N3O2. The SMILES string of the molecule is CC(Oc1c(-c2ccccc2)ccc(C#N)c1C#N)C(O)CCc1cccnc1. The molecule has 0 saturated carbocycles. The van der Waals surface area contributed by atoms with Crippen LogP contribution in [0.4, 0.5) is 0 Å². The first-order valence-electron chi connectivity index (χ1n) is 9.40.